The third-order valence-electron chi connectivity index (χ3n) is 4.29. The molecular weight excluding hydrogens is 387 g/mol. The van der Waals surface area contributed by atoms with Crippen LogP contribution >= 0.6 is 0 Å². The number of fused-ring (bicyclic) bond motifs is 1. The van der Waals surface area contributed by atoms with E-state index >= 15 is 0 Å². The van der Waals surface area contributed by atoms with Crippen LogP contribution in [0.2, 0.25) is 0 Å². The van der Waals surface area contributed by atoms with Gasteiger partial charge in [-0.1, -0.05) is 0 Å². The van der Waals surface area contributed by atoms with E-state index in [1.807, 2.05) is 0 Å². The van der Waals surface area contributed by atoms with Crippen LogP contribution in [-0.4, -0.2) is 34.9 Å². The molecule has 4 rings (SSSR count). The predicted octanol–water partition coefficient (Wildman–Crippen LogP) is 3.08. The van der Waals surface area contributed by atoms with Crippen LogP contribution in [-0.2, 0) is 5.54 Å². The van der Waals surface area contributed by atoms with Crippen LogP contribution in [0.15, 0.2) is 30.6 Å². The summed E-state index contributed by atoms with van der Waals surface area (Å²) in [4.78, 5) is 12.3. The summed E-state index contributed by atoms with van der Waals surface area (Å²) >= 11 is 0. The summed E-state index contributed by atoms with van der Waals surface area (Å²) in [5, 5.41) is 14.1. The summed E-state index contributed by atoms with van der Waals surface area (Å²) < 4.78 is 40.7. The molecule has 0 radical (unpaired) electrons. The van der Waals surface area contributed by atoms with Gasteiger partial charge in [0.1, 0.15) is 5.82 Å². The Morgan fingerprint density at radius 1 is 1.21 bits per heavy atom. The second kappa shape index (κ2) is 6.72. The van der Waals surface area contributed by atoms with Gasteiger partial charge in [0.15, 0.2) is 5.82 Å². The first-order valence-electron chi connectivity index (χ1n) is 8.49. The van der Waals surface area contributed by atoms with Gasteiger partial charge in [0.2, 0.25) is 11.9 Å². The van der Waals surface area contributed by atoms with Crippen LogP contribution in [0.1, 0.15) is 26.1 Å². The Morgan fingerprint density at radius 3 is 2.72 bits per heavy atom. The fourth-order valence-corrected chi connectivity index (χ4v) is 2.83. The van der Waals surface area contributed by atoms with Crippen molar-refractivity contribution in [3.05, 3.63) is 42.1 Å². The average Bonchev–Trinajstić information content (AvgIpc) is 3.29. The summed E-state index contributed by atoms with van der Waals surface area (Å²) in [5.41, 5.74) is 5.91. The molecule has 12 heteroatoms. The van der Waals surface area contributed by atoms with E-state index in [4.69, 9.17) is 5.73 Å². The lowest BCUT2D eigenvalue weighted by atomic mass is 10.0. The van der Waals surface area contributed by atoms with E-state index in [0.29, 0.717) is 21.3 Å². The van der Waals surface area contributed by atoms with E-state index < -0.39 is 17.9 Å². The van der Waals surface area contributed by atoms with Gasteiger partial charge in [-0.3, -0.25) is 5.10 Å². The van der Waals surface area contributed by atoms with E-state index in [1.54, 1.807) is 13.8 Å². The first-order chi connectivity index (χ1) is 13.7. The van der Waals surface area contributed by atoms with Gasteiger partial charge in [0, 0.05) is 11.6 Å². The van der Waals surface area contributed by atoms with Crippen molar-refractivity contribution in [3.63, 3.8) is 0 Å². The highest BCUT2D eigenvalue weighted by atomic mass is 19.3. The number of rotatable bonds is 5. The molecule has 0 atom stereocenters. The maximum atomic E-state index is 14.5. The molecule has 0 aliphatic carbocycles. The summed E-state index contributed by atoms with van der Waals surface area (Å²) in [6.07, 6.45) is 2.67. The van der Waals surface area contributed by atoms with Crippen LogP contribution in [0.3, 0.4) is 0 Å². The Kier molecular flexibility index (Phi) is 4.32. The second-order valence-corrected chi connectivity index (χ2v) is 6.84. The molecule has 0 saturated heterocycles. The number of anilines is 2. The molecule has 0 unspecified atom stereocenters. The maximum absolute atomic E-state index is 14.5. The number of nitrogen functional groups attached to an aromatic ring is 1. The van der Waals surface area contributed by atoms with Crippen molar-refractivity contribution in [1.29, 1.82) is 0 Å². The Hall–Kier alpha value is -3.70. The zero-order valence-corrected chi connectivity index (χ0v) is 15.4. The summed E-state index contributed by atoms with van der Waals surface area (Å²) in [7, 11) is 0. The highest BCUT2D eigenvalue weighted by Crippen LogP contribution is 2.28. The van der Waals surface area contributed by atoms with Crippen molar-refractivity contribution in [2.45, 2.75) is 25.9 Å². The second-order valence-electron chi connectivity index (χ2n) is 6.84. The van der Waals surface area contributed by atoms with Gasteiger partial charge >= 0.3 is 6.55 Å². The lowest BCUT2D eigenvalue weighted by molar-refractivity contribution is 0.0558. The first kappa shape index (κ1) is 18.7. The Labute approximate surface area is 162 Å². The third-order valence-corrected chi connectivity index (χ3v) is 4.29. The molecule has 9 nitrogen and oxygen atoms in total. The van der Waals surface area contributed by atoms with Gasteiger partial charge in [-0.05, 0) is 32.0 Å². The molecule has 0 spiro atoms. The molecule has 4 N–H and O–H groups in total. The number of aromatic amines is 1. The number of aromatic nitrogens is 7. The number of nitrogens with zero attached hydrogens (tertiary/aromatic N) is 6. The molecule has 150 valence electrons. The van der Waals surface area contributed by atoms with Gasteiger partial charge < -0.3 is 11.1 Å². The van der Waals surface area contributed by atoms with Gasteiger partial charge in [-0.15, -0.1) is 0 Å². The zero-order chi connectivity index (χ0) is 20.8. The number of hydrogen-bond acceptors (Lipinski definition) is 7. The topological polar surface area (TPSA) is 123 Å². The van der Waals surface area contributed by atoms with Crippen LogP contribution in [0.4, 0.5) is 25.1 Å². The lowest BCUT2D eigenvalue weighted by Gasteiger charge is -2.24. The zero-order valence-electron chi connectivity index (χ0n) is 15.4. The molecule has 0 saturated carbocycles. The van der Waals surface area contributed by atoms with E-state index in [-0.39, 0.29) is 23.3 Å². The van der Waals surface area contributed by atoms with E-state index in [2.05, 4.69) is 35.6 Å². The lowest BCUT2D eigenvalue weighted by Crippen LogP contribution is -2.30. The molecule has 1 aromatic carbocycles. The van der Waals surface area contributed by atoms with Gasteiger partial charge in [0.05, 0.1) is 28.5 Å². The largest absolute Gasteiger partial charge is 0.368 e. The van der Waals surface area contributed by atoms with Crippen molar-refractivity contribution < 1.29 is 13.2 Å². The van der Waals surface area contributed by atoms with Gasteiger partial charge in [-0.25, -0.2) is 9.07 Å². The van der Waals surface area contributed by atoms with E-state index in [9.17, 15) is 13.2 Å². The standard InChI is InChI=1S/C17H16F3N9/c1-17(2,12-3-4-29(28-12)14(19)20)26-16-24-13(23-15(21)25-16)9-6-11-8(5-10(9)18)7-22-27-11/h3-7,14H,1-2H3,(H,22,27)(H3,21,23,24,25,26). The number of nitrogens with two attached hydrogens (primary N) is 1. The molecule has 3 aromatic heterocycles. The van der Waals surface area contributed by atoms with Crippen molar-refractivity contribution in [2.75, 3.05) is 11.1 Å². The fourth-order valence-electron chi connectivity index (χ4n) is 2.83. The minimum absolute atomic E-state index is 0.0166. The number of H-pyrrole nitrogens is 1. The van der Waals surface area contributed by atoms with Crippen molar-refractivity contribution in [3.8, 4) is 11.4 Å². The van der Waals surface area contributed by atoms with Crippen LogP contribution in [0.5, 0.6) is 0 Å². The minimum atomic E-state index is -2.75. The normalized spacial score (nSPS) is 12.1. The van der Waals surface area contributed by atoms with Crippen LogP contribution < -0.4 is 11.1 Å². The first-order valence-corrected chi connectivity index (χ1v) is 8.49. The van der Waals surface area contributed by atoms with E-state index in [0.717, 1.165) is 0 Å². The Balaban J connectivity index is 1.69. The average molecular weight is 403 g/mol. The van der Waals surface area contributed by atoms with Crippen molar-refractivity contribution >= 4 is 22.8 Å². The molecule has 0 bridgehead atoms. The summed E-state index contributed by atoms with van der Waals surface area (Å²) in [6.45, 7) is 0.670. The summed E-state index contributed by atoms with van der Waals surface area (Å²) in [6, 6.07) is 4.28. The number of benzene rings is 1. The molecule has 4 aromatic rings. The highest BCUT2D eigenvalue weighted by Gasteiger charge is 2.26. The van der Waals surface area contributed by atoms with Crippen molar-refractivity contribution in [2.24, 2.45) is 0 Å². The molecule has 0 amide bonds. The maximum Gasteiger partial charge on any atom is 0.333 e. The number of halogens is 3. The minimum Gasteiger partial charge on any atom is -0.368 e. The molecule has 29 heavy (non-hydrogen) atoms. The fraction of sp³-hybridized carbons (Fsp3) is 0.235. The molecule has 0 aliphatic heterocycles. The molecule has 0 fully saturated rings. The quantitative estimate of drug-likeness (QED) is 0.468. The molecule has 0 aliphatic rings. The van der Waals surface area contributed by atoms with Crippen LogP contribution in [0.25, 0.3) is 22.3 Å². The number of alkyl halides is 2. The summed E-state index contributed by atoms with van der Waals surface area (Å²) in [5.74, 6) is -0.614. The van der Waals surface area contributed by atoms with Gasteiger partial charge in [-0.2, -0.15) is 33.9 Å². The SMILES string of the molecule is CC(C)(Nc1nc(N)nc(-c2cc3[nH]ncc3cc2F)n1)c1ccn(C(F)F)n1. The Morgan fingerprint density at radius 2 is 2.00 bits per heavy atom. The number of nitrogens with one attached hydrogen (secondary N) is 2. The van der Waals surface area contributed by atoms with Crippen LogP contribution in [0, 0.1) is 5.82 Å². The molecular formula is C17H16F3N9. The van der Waals surface area contributed by atoms with Crippen molar-refractivity contribution in [1.82, 2.24) is 34.9 Å². The van der Waals surface area contributed by atoms with Gasteiger partial charge in [0.25, 0.3) is 0 Å². The Bertz CT molecular complexity index is 1180. The third kappa shape index (κ3) is 3.56. The molecule has 3 heterocycles. The smallest absolute Gasteiger partial charge is 0.333 e. The number of hydrogen-bond donors (Lipinski definition) is 3. The predicted molar refractivity (Wildman–Crippen MR) is 99.4 cm³/mol. The van der Waals surface area contributed by atoms with E-state index in [1.165, 1.54) is 30.6 Å². The highest BCUT2D eigenvalue weighted by molar-refractivity contribution is 5.83. The monoisotopic (exact) mass is 403 g/mol.